The van der Waals surface area contributed by atoms with E-state index in [-0.39, 0.29) is 5.91 Å². The zero-order valence-electron chi connectivity index (χ0n) is 12.6. The first-order valence-corrected chi connectivity index (χ1v) is 7.32. The van der Waals surface area contributed by atoms with Crippen LogP contribution < -0.4 is 4.90 Å². The molecule has 2 aromatic carbocycles. The molecule has 108 valence electrons. The molecular formula is C19H16N2O. The van der Waals surface area contributed by atoms with Gasteiger partial charge in [0, 0.05) is 48.6 Å². The Hall–Kier alpha value is -2.81. The van der Waals surface area contributed by atoms with Gasteiger partial charge in [-0.3, -0.25) is 9.69 Å². The molecule has 4 rings (SSSR count). The second kappa shape index (κ2) is 4.60. The number of hydrogen-bond acceptors (Lipinski definition) is 1. The van der Waals surface area contributed by atoms with Crippen LogP contribution in [0.15, 0.2) is 60.9 Å². The highest BCUT2D eigenvalue weighted by atomic mass is 16.2. The van der Waals surface area contributed by atoms with Crippen molar-refractivity contribution in [3.05, 3.63) is 60.9 Å². The maximum atomic E-state index is 12.3. The van der Waals surface area contributed by atoms with E-state index in [4.69, 9.17) is 0 Å². The summed E-state index contributed by atoms with van der Waals surface area (Å²) in [5, 5.41) is 0. The molecule has 22 heavy (non-hydrogen) atoms. The van der Waals surface area contributed by atoms with E-state index in [0.717, 1.165) is 33.6 Å². The molecule has 0 fully saturated rings. The lowest BCUT2D eigenvalue weighted by atomic mass is 9.99. The number of aryl methyl sites for hydroxylation is 1. The summed E-state index contributed by atoms with van der Waals surface area (Å²) in [4.78, 5) is 14.1. The Kier molecular flexibility index (Phi) is 2.70. The van der Waals surface area contributed by atoms with Crippen LogP contribution in [0.5, 0.6) is 0 Å². The van der Waals surface area contributed by atoms with Crippen molar-refractivity contribution in [2.45, 2.75) is 6.92 Å². The highest BCUT2D eigenvalue weighted by Gasteiger charge is 2.27. The van der Waals surface area contributed by atoms with Crippen molar-refractivity contribution in [2.75, 3.05) is 4.90 Å². The van der Waals surface area contributed by atoms with Gasteiger partial charge in [-0.25, -0.2) is 0 Å². The van der Waals surface area contributed by atoms with Crippen molar-refractivity contribution < 1.29 is 4.79 Å². The van der Waals surface area contributed by atoms with Gasteiger partial charge in [-0.15, -0.1) is 0 Å². The van der Waals surface area contributed by atoms with Gasteiger partial charge >= 0.3 is 0 Å². The van der Waals surface area contributed by atoms with Crippen LogP contribution >= 0.6 is 0 Å². The van der Waals surface area contributed by atoms with Gasteiger partial charge in [-0.05, 0) is 12.1 Å². The second-order valence-corrected chi connectivity index (χ2v) is 5.64. The SMILES string of the molecule is CC(=O)N1c2ccccc2-c2cn(C)cc2-c2ccccc21. The Morgan fingerprint density at radius 1 is 0.773 bits per heavy atom. The Bertz CT molecular complexity index is 827. The van der Waals surface area contributed by atoms with Crippen molar-refractivity contribution >= 4 is 17.3 Å². The third kappa shape index (κ3) is 1.72. The van der Waals surface area contributed by atoms with E-state index in [0.29, 0.717) is 0 Å². The lowest BCUT2D eigenvalue weighted by molar-refractivity contribution is -0.115. The first kappa shape index (κ1) is 12.9. The minimum Gasteiger partial charge on any atom is -0.356 e. The number of benzene rings is 2. The van der Waals surface area contributed by atoms with Crippen LogP contribution in [0.1, 0.15) is 6.92 Å². The van der Waals surface area contributed by atoms with Crippen LogP contribution in [0, 0.1) is 0 Å². The van der Waals surface area contributed by atoms with Gasteiger partial charge in [-0.2, -0.15) is 0 Å². The third-order valence-corrected chi connectivity index (χ3v) is 4.14. The first-order valence-electron chi connectivity index (χ1n) is 7.32. The van der Waals surface area contributed by atoms with Crippen molar-refractivity contribution in [1.29, 1.82) is 0 Å². The molecule has 2 heterocycles. The number of anilines is 2. The quantitative estimate of drug-likeness (QED) is 0.603. The highest BCUT2D eigenvalue weighted by molar-refractivity contribution is 6.10. The molecule has 0 saturated heterocycles. The maximum absolute atomic E-state index is 12.3. The average molecular weight is 288 g/mol. The summed E-state index contributed by atoms with van der Waals surface area (Å²) in [7, 11) is 2.03. The monoisotopic (exact) mass is 288 g/mol. The molecule has 3 aromatic rings. The van der Waals surface area contributed by atoms with E-state index in [1.54, 1.807) is 6.92 Å². The van der Waals surface area contributed by atoms with Crippen LogP contribution in [0.3, 0.4) is 0 Å². The van der Waals surface area contributed by atoms with Gasteiger partial charge in [0.1, 0.15) is 0 Å². The maximum Gasteiger partial charge on any atom is 0.228 e. The smallest absolute Gasteiger partial charge is 0.228 e. The summed E-state index contributed by atoms with van der Waals surface area (Å²) < 4.78 is 2.07. The number of amides is 1. The van der Waals surface area contributed by atoms with Gasteiger partial charge in [0.15, 0.2) is 0 Å². The molecule has 0 N–H and O–H groups in total. The average Bonchev–Trinajstić information content (AvgIpc) is 2.85. The summed E-state index contributed by atoms with van der Waals surface area (Å²) in [5.41, 5.74) is 6.37. The molecular weight excluding hydrogens is 272 g/mol. The summed E-state index contributed by atoms with van der Waals surface area (Å²) in [6, 6.07) is 16.2. The van der Waals surface area contributed by atoms with Crippen LogP contribution in [-0.2, 0) is 11.8 Å². The number of aromatic nitrogens is 1. The van der Waals surface area contributed by atoms with E-state index < -0.39 is 0 Å². The Morgan fingerprint density at radius 2 is 1.23 bits per heavy atom. The number of nitrogens with zero attached hydrogens (tertiary/aromatic N) is 2. The van der Waals surface area contributed by atoms with Crippen molar-refractivity contribution in [1.82, 2.24) is 4.57 Å². The molecule has 0 radical (unpaired) electrons. The fraction of sp³-hybridized carbons (Fsp3) is 0.105. The van der Waals surface area contributed by atoms with Crippen molar-refractivity contribution in [3.63, 3.8) is 0 Å². The third-order valence-electron chi connectivity index (χ3n) is 4.14. The summed E-state index contributed by atoms with van der Waals surface area (Å²) in [5.74, 6) is 0.0226. The number of rotatable bonds is 0. The number of carbonyl (C=O) groups is 1. The van der Waals surface area contributed by atoms with E-state index >= 15 is 0 Å². The predicted octanol–water partition coefficient (Wildman–Crippen LogP) is 4.36. The molecule has 3 heteroatoms. The zero-order valence-corrected chi connectivity index (χ0v) is 12.6. The Labute approximate surface area is 129 Å². The zero-order chi connectivity index (χ0) is 15.3. The second-order valence-electron chi connectivity index (χ2n) is 5.64. The van der Waals surface area contributed by atoms with Gasteiger partial charge in [0.2, 0.25) is 5.91 Å². The minimum absolute atomic E-state index is 0.0226. The number of carbonyl (C=O) groups excluding carboxylic acids is 1. The molecule has 0 unspecified atom stereocenters. The van der Waals surface area contributed by atoms with Gasteiger partial charge in [-0.1, -0.05) is 36.4 Å². The van der Waals surface area contributed by atoms with Gasteiger partial charge in [0.25, 0.3) is 0 Å². The van der Waals surface area contributed by atoms with Gasteiger partial charge < -0.3 is 4.57 Å². The van der Waals surface area contributed by atoms with Crippen LogP contribution in [0.2, 0.25) is 0 Å². The lowest BCUT2D eigenvalue weighted by Crippen LogP contribution is -2.23. The molecule has 1 amide bonds. The van der Waals surface area contributed by atoms with E-state index in [9.17, 15) is 4.79 Å². The first-order chi connectivity index (χ1) is 10.7. The van der Waals surface area contributed by atoms with E-state index in [1.807, 2.05) is 48.3 Å². The molecule has 1 aliphatic rings. The minimum atomic E-state index is 0.0226. The summed E-state index contributed by atoms with van der Waals surface area (Å²) >= 11 is 0. The van der Waals surface area contributed by atoms with Crippen LogP contribution in [0.25, 0.3) is 22.3 Å². The van der Waals surface area contributed by atoms with Gasteiger partial charge in [0.05, 0.1) is 11.4 Å². The van der Waals surface area contributed by atoms with E-state index in [2.05, 4.69) is 29.1 Å². The molecule has 0 saturated carbocycles. The van der Waals surface area contributed by atoms with E-state index in [1.165, 1.54) is 0 Å². The molecule has 1 aromatic heterocycles. The molecule has 1 aliphatic heterocycles. The number of hydrogen-bond donors (Lipinski definition) is 0. The molecule has 0 atom stereocenters. The summed E-state index contributed by atoms with van der Waals surface area (Å²) in [6.45, 7) is 1.61. The molecule has 3 nitrogen and oxygen atoms in total. The molecule has 0 bridgehead atoms. The molecule has 0 aliphatic carbocycles. The predicted molar refractivity (Wildman–Crippen MR) is 89.1 cm³/mol. The van der Waals surface area contributed by atoms with Crippen LogP contribution in [-0.4, -0.2) is 10.5 Å². The summed E-state index contributed by atoms with van der Waals surface area (Å²) in [6.07, 6.45) is 4.24. The molecule has 0 spiro atoms. The lowest BCUT2D eigenvalue weighted by Gasteiger charge is -2.23. The van der Waals surface area contributed by atoms with Crippen LogP contribution in [0.4, 0.5) is 11.4 Å². The number of fused-ring (bicyclic) bond motifs is 5. The Balaban J connectivity index is 2.17. The standard InChI is InChI=1S/C19H16N2O/c1-13(22)21-18-9-5-3-7-14(18)16-11-20(2)12-17(16)15-8-4-6-10-19(15)21/h3-12H,1-2H3. The largest absolute Gasteiger partial charge is 0.356 e. The normalized spacial score (nSPS) is 12.2. The fourth-order valence-corrected chi connectivity index (χ4v) is 3.27. The van der Waals surface area contributed by atoms with Crippen molar-refractivity contribution in [2.24, 2.45) is 7.05 Å². The highest BCUT2D eigenvalue weighted by Crippen LogP contribution is 2.47. The fourth-order valence-electron chi connectivity index (χ4n) is 3.27. The number of para-hydroxylation sites is 2. The van der Waals surface area contributed by atoms with Crippen molar-refractivity contribution in [3.8, 4) is 22.3 Å². The topological polar surface area (TPSA) is 25.2 Å². The Morgan fingerprint density at radius 3 is 1.68 bits per heavy atom.